The summed E-state index contributed by atoms with van der Waals surface area (Å²) in [6.07, 6.45) is 0. The van der Waals surface area contributed by atoms with Crippen LogP contribution in [0.5, 0.6) is 0 Å². The Kier molecular flexibility index (Phi) is 3.29. The van der Waals surface area contributed by atoms with E-state index in [0.717, 1.165) is 16.9 Å². The number of rotatable bonds is 3. The normalized spacial score (nSPS) is 10.9. The maximum atomic E-state index is 11.3. The number of hydrogen-bond acceptors (Lipinski definition) is 5. The van der Waals surface area contributed by atoms with Gasteiger partial charge >= 0.3 is 5.97 Å². The Morgan fingerprint density at radius 1 is 1.00 bits per heavy atom. The highest BCUT2D eigenvalue weighted by Crippen LogP contribution is 2.32. The van der Waals surface area contributed by atoms with E-state index in [-0.39, 0.29) is 11.5 Å². The fraction of sp³-hybridized carbons (Fsp3) is 0.188. The fourth-order valence-electron chi connectivity index (χ4n) is 2.40. The molecule has 0 radical (unpaired) electrons. The second-order valence-corrected chi connectivity index (χ2v) is 4.98. The average Bonchev–Trinajstić information content (AvgIpc) is 3.05. The first-order valence-corrected chi connectivity index (χ1v) is 6.72. The van der Waals surface area contributed by atoms with Gasteiger partial charge in [-0.2, -0.15) is 0 Å². The highest BCUT2D eigenvalue weighted by atomic mass is 16.4. The molecule has 0 amide bonds. The standard InChI is InChI=1S/C16H14N2O4/c1-8-9(2)21-10(3)13(8)15-18-17-14(22-15)11-6-4-5-7-12(11)16(19)20/h4-7H,1-3H3,(H,19,20). The molecule has 0 spiro atoms. The Morgan fingerprint density at radius 3 is 2.32 bits per heavy atom. The van der Waals surface area contributed by atoms with E-state index in [4.69, 9.17) is 8.83 Å². The molecule has 0 aliphatic heterocycles. The summed E-state index contributed by atoms with van der Waals surface area (Å²) in [5.41, 5.74) is 2.20. The number of aryl methyl sites for hydroxylation is 2. The number of furan rings is 1. The predicted molar refractivity (Wildman–Crippen MR) is 78.6 cm³/mol. The van der Waals surface area contributed by atoms with E-state index in [1.165, 1.54) is 6.07 Å². The van der Waals surface area contributed by atoms with Crippen LogP contribution in [0.4, 0.5) is 0 Å². The number of benzene rings is 1. The number of aromatic carboxylic acids is 1. The molecule has 0 saturated heterocycles. The lowest BCUT2D eigenvalue weighted by Gasteiger charge is -2.00. The predicted octanol–water partition coefficient (Wildman–Crippen LogP) is 3.62. The lowest BCUT2D eigenvalue weighted by Crippen LogP contribution is -1.98. The molecule has 0 atom stereocenters. The molecule has 6 nitrogen and oxygen atoms in total. The van der Waals surface area contributed by atoms with Gasteiger partial charge < -0.3 is 13.9 Å². The molecule has 0 saturated carbocycles. The van der Waals surface area contributed by atoms with Gasteiger partial charge in [0.15, 0.2) is 0 Å². The number of carboxylic acids is 1. The zero-order chi connectivity index (χ0) is 15.9. The second-order valence-electron chi connectivity index (χ2n) is 4.98. The lowest BCUT2D eigenvalue weighted by atomic mass is 10.1. The third-order valence-corrected chi connectivity index (χ3v) is 3.59. The number of hydrogen-bond donors (Lipinski definition) is 1. The molecule has 0 aliphatic carbocycles. The van der Waals surface area contributed by atoms with Gasteiger partial charge in [0.05, 0.1) is 16.7 Å². The Labute approximate surface area is 126 Å². The number of nitrogens with zero attached hydrogens (tertiary/aromatic N) is 2. The molecule has 0 aliphatic rings. The molecule has 2 heterocycles. The van der Waals surface area contributed by atoms with Crippen molar-refractivity contribution in [2.24, 2.45) is 0 Å². The minimum atomic E-state index is -1.04. The Hall–Kier alpha value is -2.89. The maximum absolute atomic E-state index is 11.3. The zero-order valence-electron chi connectivity index (χ0n) is 12.4. The first kappa shape index (κ1) is 14.1. The molecule has 0 fully saturated rings. The van der Waals surface area contributed by atoms with Crippen LogP contribution >= 0.6 is 0 Å². The summed E-state index contributed by atoms with van der Waals surface area (Å²) in [5, 5.41) is 17.2. The molecule has 0 bridgehead atoms. The van der Waals surface area contributed by atoms with Crippen molar-refractivity contribution in [2.75, 3.05) is 0 Å². The summed E-state index contributed by atoms with van der Waals surface area (Å²) in [6, 6.07) is 6.52. The van der Waals surface area contributed by atoms with Crippen molar-refractivity contribution in [3.05, 3.63) is 46.9 Å². The SMILES string of the molecule is Cc1oc(C)c(-c2nnc(-c3ccccc3C(=O)O)o2)c1C. The minimum Gasteiger partial charge on any atom is -0.478 e. The van der Waals surface area contributed by atoms with E-state index in [1.807, 2.05) is 20.8 Å². The topological polar surface area (TPSA) is 89.4 Å². The molecular weight excluding hydrogens is 284 g/mol. The van der Waals surface area contributed by atoms with Gasteiger partial charge in [0, 0.05) is 5.56 Å². The van der Waals surface area contributed by atoms with Crippen LogP contribution in [-0.4, -0.2) is 21.3 Å². The van der Waals surface area contributed by atoms with Crippen LogP contribution < -0.4 is 0 Å². The summed E-state index contributed by atoms with van der Waals surface area (Å²) in [4.78, 5) is 11.3. The van der Waals surface area contributed by atoms with Gasteiger partial charge in [-0.25, -0.2) is 4.79 Å². The van der Waals surface area contributed by atoms with Gasteiger partial charge in [-0.05, 0) is 32.9 Å². The van der Waals surface area contributed by atoms with Gasteiger partial charge in [-0.1, -0.05) is 12.1 Å². The minimum absolute atomic E-state index is 0.120. The van der Waals surface area contributed by atoms with Crippen molar-refractivity contribution in [2.45, 2.75) is 20.8 Å². The Bertz CT molecular complexity index is 861. The van der Waals surface area contributed by atoms with Crippen molar-refractivity contribution in [1.29, 1.82) is 0 Å². The highest BCUT2D eigenvalue weighted by Gasteiger charge is 2.21. The van der Waals surface area contributed by atoms with Crippen LogP contribution in [0.2, 0.25) is 0 Å². The lowest BCUT2D eigenvalue weighted by molar-refractivity contribution is 0.0697. The molecule has 22 heavy (non-hydrogen) atoms. The molecule has 3 aromatic rings. The first-order valence-electron chi connectivity index (χ1n) is 6.72. The van der Waals surface area contributed by atoms with Crippen LogP contribution in [0.25, 0.3) is 22.9 Å². The summed E-state index contributed by atoms with van der Waals surface area (Å²) in [5.74, 6) is 0.935. The van der Waals surface area contributed by atoms with Crippen molar-refractivity contribution >= 4 is 5.97 Å². The molecule has 112 valence electrons. The van der Waals surface area contributed by atoms with Gasteiger partial charge in [0.1, 0.15) is 11.5 Å². The molecular formula is C16H14N2O4. The fourth-order valence-corrected chi connectivity index (χ4v) is 2.40. The summed E-state index contributed by atoms with van der Waals surface area (Å²) >= 11 is 0. The molecule has 3 rings (SSSR count). The molecule has 6 heteroatoms. The Morgan fingerprint density at radius 2 is 1.68 bits per heavy atom. The maximum Gasteiger partial charge on any atom is 0.336 e. The van der Waals surface area contributed by atoms with E-state index >= 15 is 0 Å². The monoisotopic (exact) mass is 298 g/mol. The zero-order valence-corrected chi connectivity index (χ0v) is 12.4. The molecule has 0 unspecified atom stereocenters. The average molecular weight is 298 g/mol. The van der Waals surface area contributed by atoms with Crippen LogP contribution in [0.3, 0.4) is 0 Å². The van der Waals surface area contributed by atoms with E-state index in [9.17, 15) is 9.90 Å². The third kappa shape index (κ3) is 2.18. The second kappa shape index (κ2) is 5.14. The summed E-state index contributed by atoms with van der Waals surface area (Å²) < 4.78 is 11.2. The Balaban J connectivity index is 2.11. The van der Waals surface area contributed by atoms with E-state index in [1.54, 1.807) is 18.2 Å². The van der Waals surface area contributed by atoms with E-state index < -0.39 is 5.97 Å². The van der Waals surface area contributed by atoms with Gasteiger partial charge in [-0.15, -0.1) is 10.2 Å². The van der Waals surface area contributed by atoms with E-state index in [0.29, 0.717) is 17.2 Å². The smallest absolute Gasteiger partial charge is 0.336 e. The quantitative estimate of drug-likeness (QED) is 0.794. The molecule has 1 aromatic carbocycles. The van der Waals surface area contributed by atoms with Gasteiger partial charge in [0.25, 0.3) is 5.89 Å². The number of carboxylic acid groups (broad SMARTS) is 1. The number of carbonyl (C=O) groups is 1. The molecule has 2 aromatic heterocycles. The van der Waals surface area contributed by atoms with Gasteiger partial charge in [0.2, 0.25) is 5.89 Å². The van der Waals surface area contributed by atoms with Gasteiger partial charge in [-0.3, -0.25) is 0 Å². The number of aromatic nitrogens is 2. The van der Waals surface area contributed by atoms with Crippen LogP contribution in [-0.2, 0) is 0 Å². The van der Waals surface area contributed by atoms with Crippen LogP contribution in [0.15, 0.2) is 33.1 Å². The van der Waals surface area contributed by atoms with E-state index in [2.05, 4.69) is 10.2 Å². The van der Waals surface area contributed by atoms with Crippen LogP contribution in [0, 0.1) is 20.8 Å². The highest BCUT2D eigenvalue weighted by molar-refractivity contribution is 5.94. The summed E-state index contributed by atoms with van der Waals surface area (Å²) in [6.45, 7) is 5.60. The van der Waals surface area contributed by atoms with Crippen LogP contribution in [0.1, 0.15) is 27.4 Å². The van der Waals surface area contributed by atoms with Crippen molar-refractivity contribution in [1.82, 2.24) is 10.2 Å². The van der Waals surface area contributed by atoms with Crippen molar-refractivity contribution in [3.63, 3.8) is 0 Å². The first-order chi connectivity index (χ1) is 10.5. The third-order valence-electron chi connectivity index (χ3n) is 3.59. The molecule has 1 N–H and O–H groups in total. The van der Waals surface area contributed by atoms with Crippen molar-refractivity contribution < 1.29 is 18.7 Å². The van der Waals surface area contributed by atoms with Crippen molar-refractivity contribution in [3.8, 4) is 22.9 Å². The largest absolute Gasteiger partial charge is 0.478 e. The summed E-state index contributed by atoms with van der Waals surface area (Å²) in [7, 11) is 0.